The van der Waals surface area contributed by atoms with E-state index in [-0.39, 0.29) is 18.7 Å². The van der Waals surface area contributed by atoms with Gasteiger partial charge >= 0.3 is 0 Å². The third-order valence-corrected chi connectivity index (χ3v) is 3.41. The van der Waals surface area contributed by atoms with Crippen LogP contribution in [0.5, 0.6) is 0 Å². The molecule has 0 atom stereocenters. The van der Waals surface area contributed by atoms with Gasteiger partial charge in [0, 0.05) is 11.1 Å². The lowest BCUT2D eigenvalue weighted by Crippen LogP contribution is -2.62. The van der Waals surface area contributed by atoms with Crippen molar-refractivity contribution in [3.05, 3.63) is 25.3 Å². The summed E-state index contributed by atoms with van der Waals surface area (Å²) in [7, 11) is 0. The molecule has 0 bridgehead atoms. The lowest BCUT2D eigenvalue weighted by atomic mass is 9.76. The molecule has 0 saturated heterocycles. The third-order valence-electron chi connectivity index (χ3n) is 3.41. The molecule has 0 rings (SSSR count). The summed E-state index contributed by atoms with van der Waals surface area (Å²) in [6, 6.07) is 0. The minimum atomic E-state index is -1.32. The number of allylic oxidation sites excluding steroid dienone is 2. The first-order valence-corrected chi connectivity index (χ1v) is 7.21. The number of hydrogen-bond donors (Lipinski definition) is 1. The summed E-state index contributed by atoms with van der Waals surface area (Å²) in [6.07, 6.45) is 3.54. The molecule has 120 valence electrons. The van der Waals surface area contributed by atoms with Crippen molar-refractivity contribution in [2.24, 2.45) is 11.1 Å². The van der Waals surface area contributed by atoms with Crippen LogP contribution in [0.15, 0.2) is 25.3 Å². The highest BCUT2D eigenvalue weighted by atomic mass is 16.2. The first-order chi connectivity index (χ1) is 9.34. The molecule has 0 heterocycles. The summed E-state index contributed by atoms with van der Waals surface area (Å²) in [4.78, 5) is 27.0. The SMILES string of the molecule is C=CCC(CC=C)(C(N)=O)C(=O)N(C(C)(C)C)C(C)(C)C. The van der Waals surface area contributed by atoms with E-state index in [1.807, 2.05) is 41.5 Å². The lowest BCUT2D eigenvalue weighted by Gasteiger charge is -2.49. The molecule has 0 saturated carbocycles. The quantitative estimate of drug-likeness (QED) is 0.604. The van der Waals surface area contributed by atoms with Gasteiger partial charge in [-0.05, 0) is 54.4 Å². The maximum absolute atomic E-state index is 13.2. The van der Waals surface area contributed by atoms with Gasteiger partial charge in [-0.2, -0.15) is 0 Å². The second-order valence-electron chi connectivity index (χ2n) is 7.41. The molecule has 0 aromatic rings. The predicted octanol–water partition coefficient (Wildman–Crippen LogP) is 3.04. The summed E-state index contributed by atoms with van der Waals surface area (Å²) in [6.45, 7) is 19.0. The second kappa shape index (κ2) is 6.46. The second-order valence-corrected chi connectivity index (χ2v) is 7.41. The summed E-state index contributed by atoms with van der Waals surface area (Å²) in [5.41, 5.74) is 3.41. The average Bonchev–Trinajstić information content (AvgIpc) is 2.23. The van der Waals surface area contributed by atoms with Crippen molar-refractivity contribution in [1.29, 1.82) is 0 Å². The zero-order valence-corrected chi connectivity index (χ0v) is 14.3. The van der Waals surface area contributed by atoms with E-state index in [0.717, 1.165) is 0 Å². The van der Waals surface area contributed by atoms with Crippen LogP contribution < -0.4 is 5.73 Å². The molecule has 0 radical (unpaired) electrons. The van der Waals surface area contributed by atoms with E-state index in [1.165, 1.54) is 0 Å². The minimum Gasteiger partial charge on any atom is -0.369 e. The van der Waals surface area contributed by atoms with E-state index in [0.29, 0.717) is 0 Å². The van der Waals surface area contributed by atoms with Crippen LogP contribution in [0, 0.1) is 5.41 Å². The third kappa shape index (κ3) is 4.19. The molecule has 2 N–H and O–H groups in total. The van der Waals surface area contributed by atoms with Crippen molar-refractivity contribution < 1.29 is 9.59 Å². The topological polar surface area (TPSA) is 63.4 Å². The fourth-order valence-electron chi connectivity index (χ4n) is 2.89. The molecule has 0 aliphatic carbocycles. The van der Waals surface area contributed by atoms with Gasteiger partial charge < -0.3 is 10.6 Å². The highest BCUT2D eigenvalue weighted by Gasteiger charge is 2.49. The number of nitrogens with zero attached hydrogens (tertiary/aromatic N) is 1. The van der Waals surface area contributed by atoms with Crippen LogP contribution in [0.4, 0.5) is 0 Å². The Morgan fingerprint density at radius 2 is 1.29 bits per heavy atom. The van der Waals surface area contributed by atoms with Crippen LogP contribution >= 0.6 is 0 Å². The summed E-state index contributed by atoms with van der Waals surface area (Å²) in [5, 5.41) is 0. The van der Waals surface area contributed by atoms with Crippen molar-refractivity contribution in [2.75, 3.05) is 0 Å². The maximum atomic E-state index is 13.2. The largest absolute Gasteiger partial charge is 0.369 e. The number of amides is 2. The molecule has 0 spiro atoms. The molecule has 21 heavy (non-hydrogen) atoms. The van der Waals surface area contributed by atoms with Gasteiger partial charge in [0.15, 0.2) is 0 Å². The van der Waals surface area contributed by atoms with Gasteiger partial charge in [-0.25, -0.2) is 0 Å². The molecule has 0 aromatic carbocycles. The minimum absolute atomic E-state index is 0.204. The molecule has 2 amide bonds. The molecule has 0 fully saturated rings. The van der Waals surface area contributed by atoms with Crippen molar-refractivity contribution in [3.63, 3.8) is 0 Å². The van der Waals surface area contributed by atoms with Crippen molar-refractivity contribution >= 4 is 11.8 Å². The van der Waals surface area contributed by atoms with Gasteiger partial charge in [0.1, 0.15) is 5.41 Å². The summed E-state index contributed by atoms with van der Waals surface area (Å²) >= 11 is 0. The van der Waals surface area contributed by atoms with Crippen LogP contribution in [-0.2, 0) is 9.59 Å². The Morgan fingerprint density at radius 3 is 1.48 bits per heavy atom. The zero-order valence-electron chi connectivity index (χ0n) is 14.3. The van der Waals surface area contributed by atoms with Gasteiger partial charge in [-0.15, -0.1) is 13.2 Å². The van der Waals surface area contributed by atoms with Crippen LogP contribution in [-0.4, -0.2) is 27.8 Å². The first kappa shape index (κ1) is 19.4. The number of rotatable bonds is 6. The van der Waals surface area contributed by atoms with E-state index < -0.39 is 22.4 Å². The molecular formula is C17H30N2O2. The Balaban J connectivity index is 6.11. The fourth-order valence-corrected chi connectivity index (χ4v) is 2.89. The maximum Gasteiger partial charge on any atom is 0.239 e. The van der Waals surface area contributed by atoms with E-state index >= 15 is 0 Å². The Labute approximate surface area is 129 Å². The molecule has 4 nitrogen and oxygen atoms in total. The first-order valence-electron chi connectivity index (χ1n) is 7.21. The number of nitrogens with two attached hydrogens (primary N) is 1. The van der Waals surface area contributed by atoms with Crippen LogP contribution in [0.3, 0.4) is 0 Å². The molecule has 0 aliphatic heterocycles. The van der Waals surface area contributed by atoms with E-state index in [1.54, 1.807) is 17.1 Å². The molecule has 0 aliphatic rings. The van der Waals surface area contributed by atoms with Crippen LogP contribution in [0.1, 0.15) is 54.4 Å². The monoisotopic (exact) mass is 294 g/mol. The summed E-state index contributed by atoms with van der Waals surface area (Å²) < 4.78 is 0. The van der Waals surface area contributed by atoms with Crippen LogP contribution in [0.2, 0.25) is 0 Å². The van der Waals surface area contributed by atoms with Crippen LogP contribution in [0.25, 0.3) is 0 Å². The smallest absolute Gasteiger partial charge is 0.239 e. The van der Waals surface area contributed by atoms with Crippen molar-refractivity contribution in [2.45, 2.75) is 65.5 Å². The zero-order chi connectivity index (χ0) is 17.1. The fraction of sp³-hybridized carbons (Fsp3) is 0.647. The van der Waals surface area contributed by atoms with Gasteiger partial charge in [-0.1, -0.05) is 12.2 Å². The number of hydrogen-bond acceptors (Lipinski definition) is 2. The number of carbonyl (C=O) groups excluding carboxylic acids is 2. The Bertz CT molecular complexity index is 401. The normalized spacial score (nSPS) is 12.7. The molecule has 0 unspecified atom stereocenters. The summed E-state index contributed by atoms with van der Waals surface area (Å²) in [5.74, 6) is -0.902. The van der Waals surface area contributed by atoms with Crippen molar-refractivity contribution in [3.8, 4) is 0 Å². The Kier molecular flexibility index (Phi) is 5.97. The highest BCUT2D eigenvalue weighted by Crippen LogP contribution is 2.36. The Hall–Kier alpha value is -1.58. The van der Waals surface area contributed by atoms with Gasteiger partial charge in [0.05, 0.1) is 0 Å². The van der Waals surface area contributed by atoms with Crippen molar-refractivity contribution in [1.82, 2.24) is 4.90 Å². The van der Waals surface area contributed by atoms with E-state index in [4.69, 9.17) is 5.73 Å². The van der Waals surface area contributed by atoms with Gasteiger partial charge in [0.2, 0.25) is 11.8 Å². The Morgan fingerprint density at radius 1 is 0.952 bits per heavy atom. The predicted molar refractivity (Wildman–Crippen MR) is 87.6 cm³/mol. The molecule has 0 aromatic heterocycles. The average molecular weight is 294 g/mol. The standard InChI is InChI=1S/C17H30N2O2/c1-9-11-17(12-10-2,13(18)20)14(21)19(15(3,4)5)16(6,7)8/h9-10H,1-2,11-12H2,3-8H3,(H2,18,20). The lowest BCUT2D eigenvalue weighted by molar-refractivity contribution is -0.158. The molecular weight excluding hydrogens is 264 g/mol. The van der Waals surface area contributed by atoms with E-state index in [2.05, 4.69) is 13.2 Å². The highest BCUT2D eigenvalue weighted by molar-refractivity contribution is 6.05. The van der Waals surface area contributed by atoms with Gasteiger partial charge in [0.25, 0.3) is 0 Å². The van der Waals surface area contributed by atoms with E-state index in [9.17, 15) is 9.59 Å². The number of carbonyl (C=O) groups is 2. The van der Waals surface area contributed by atoms with Gasteiger partial charge in [-0.3, -0.25) is 9.59 Å². The molecule has 4 heteroatoms. The number of primary amides is 1.